The monoisotopic (exact) mass is 357 g/mol. The van der Waals surface area contributed by atoms with E-state index >= 15 is 0 Å². The van der Waals surface area contributed by atoms with E-state index in [2.05, 4.69) is 10.6 Å². The Balaban J connectivity index is 1.72. The van der Waals surface area contributed by atoms with Crippen LogP contribution in [0.5, 0.6) is 0 Å². The molecular weight excluding hydrogens is 345 g/mol. The molecule has 126 valence electrons. The van der Waals surface area contributed by atoms with Crippen LogP contribution in [-0.4, -0.2) is 16.5 Å². The molecule has 3 aromatic rings. The van der Waals surface area contributed by atoms with Crippen molar-refractivity contribution in [2.24, 2.45) is 0 Å². The van der Waals surface area contributed by atoms with Crippen LogP contribution in [0.25, 0.3) is 5.69 Å². The van der Waals surface area contributed by atoms with Gasteiger partial charge in [-0.15, -0.1) is 0 Å². The topological polar surface area (TPSA) is 63.1 Å². The van der Waals surface area contributed by atoms with E-state index in [9.17, 15) is 14.0 Å². The number of anilines is 1. The molecule has 5 nitrogen and oxygen atoms in total. The Morgan fingerprint density at radius 2 is 1.72 bits per heavy atom. The summed E-state index contributed by atoms with van der Waals surface area (Å²) < 4.78 is 15.5. The number of carbonyl (C=O) groups is 2. The lowest BCUT2D eigenvalue weighted by Crippen LogP contribution is -2.34. The molecule has 0 aliphatic heterocycles. The minimum absolute atomic E-state index is 0.187. The summed E-state index contributed by atoms with van der Waals surface area (Å²) in [5.74, 6) is -1.06. The number of amides is 3. The summed E-state index contributed by atoms with van der Waals surface area (Å²) in [6.45, 7) is 0. The molecule has 0 atom stereocenters. The first-order chi connectivity index (χ1) is 12.0. The van der Waals surface area contributed by atoms with Crippen LogP contribution in [0.3, 0.4) is 0 Å². The molecule has 25 heavy (non-hydrogen) atoms. The number of nitrogens with one attached hydrogen (secondary N) is 2. The van der Waals surface area contributed by atoms with Gasteiger partial charge in [-0.2, -0.15) is 0 Å². The van der Waals surface area contributed by atoms with Crippen molar-refractivity contribution in [1.29, 1.82) is 0 Å². The zero-order valence-corrected chi connectivity index (χ0v) is 13.6. The number of hydrogen-bond acceptors (Lipinski definition) is 2. The first kappa shape index (κ1) is 16.7. The lowest BCUT2D eigenvalue weighted by Gasteiger charge is -2.10. The van der Waals surface area contributed by atoms with Gasteiger partial charge >= 0.3 is 6.03 Å². The first-order valence-corrected chi connectivity index (χ1v) is 7.72. The third-order valence-corrected chi connectivity index (χ3v) is 3.76. The summed E-state index contributed by atoms with van der Waals surface area (Å²) >= 11 is 5.92. The molecule has 0 aliphatic carbocycles. The van der Waals surface area contributed by atoms with Crippen LogP contribution in [0.1, 0.15) is 10.4 Å². The van der Waals surface area contributed by atoms with Gasteiger partial charge in [-0.05, 0) is 42.5 Å². The summed E-state index contributed by atoms with van der Waals surface area (Å²) in [4.78, 5) is 24.1. The first-order valence-electron chi connectivity index (χ1n) is 7.34. The highest BCUT2D eigenvalue weighted by Gasteiger charge is 2.14. The highest BCUT2D eigenvalue weighted by molar-refractivity contribution is 6.34. The third kappa shape index (κ3) is 3.87. The zero-order valence-electron chi connectivity index (χ0n) is 12.9. The molecule has 0 bridgehead atoms. The molecule has 3 amide bonds. The smallest absolute Gasteiger partial charge is 0.321 e. The number of rotatable bonds is 3. The second-order valence-corrected chi connectivity index (χ2v) is 5.55. The molecular formula is C18H13ClFN3O2. The van der Waals surface area contributed by atoms with Gasteiger partial charge in [0.1, 0.15) is 5.82 Å². The van der Waals surface area contributed by atoms with E-state index in [-0.39, 0.29) is 16.3 Å². The van der Waals surface area contributed by atoms with Crippen molar-refractivity contribution in [3.63, 3.8) is 0 Å². The number of hydrogen-bond donors (Lipinski definition) is 2. The average molecular weight is 358 g/mol. The number of benzene rings is 2. The van der Waals surface area contributed by atoms with Gasteiger partial charge in [0.15, 0.2) is 0 Å². The number of imide groups is 1. The fourth-order valence-corrected chi connectivity index (χ4v) is 2.48. The highest BCUT2D eigenvalue weighted by Crippen LogP contribution is 2.19. The molecule has 1 aromatic heterocycles. The molecule has 0 fully saturated rings. The maximum absolute atomic E-state index is 13.9. The number of urea groups is 1. The molecule has 0 saturated carbocycles. The fourth-order valence-electron chi connectivity index (χ4n) is 2.26. The minimum atomic E-state index is -0.741. The van der Waals surface area contributed by atoms with Crippen LogP contribution < -0.4 is 10.6 Å². The lowest BCUT2D eigenvalue weighted by atomic mass is 10.2. The molecule has 2 N–H and O–H groups in total. The summed E-state index contributed by atoms with van der Waals surface area (Å²) in [5, 5.41) is 4.92. The van der Waals surface area contributed by atoms with Crippen molar-refractivity contribution in [3.8, 4) is 5.69 Å². The standard InChI is InChI=1S/C18H13ClFN3O2/c19-14-6-2-1-5-13(14)17(24)22-18(25)21-12-7-8-15(20)16(11-12)23-9-3-4-10-23/h1-11H,(H2,21,22,24,25). The van der Waals surface area contributed by atoms with E-state index in [4.69, 9.17) is 11.6 Å². The van der Waals surface area contributed by atoms with Crippen LogP contribution in [0.15, 0.2) is 67.0 Å². The minimum Gasteiger partial charge on any atom is -0.321 e. The summed E-state index contributed by atoms with van der Waals surface area (Å²) in [7, 11) is 0. The molecule has 7 heteroatoms. The van der Waals surface area contributed by atoms with Gasteiger partial charge in [-0.3, -0.25) is 10.1 Å². The van der Waals surface area contributed by atoms with E-state index in [1.54, 1.807) is 47.3 Å². The molecule has 0 radical (unpaired) electrons. The molecule has 0 spiro atoms. The van der Waals surface area contributed by atoms with Gasteiger partial charge in [-0.1, -0.05) is 23.7 Å². The van der Waals surface area contributed by atoms with Crippen molar-refractivity contribution >= 4 is 29.2 Å². The molecule has 0 saturated heterocycles. The number of carbonyl (C=O) groups excluding carboxylic acids is 2. The largest absolute Gasteiger partial charge is 0.326 e. The van der Waals surface area contributed by atoms with Crippen LogP contribution in [-0.2, 0) is 0 Å². The quantitative estimate of drug-likeness (QED) is 0.736. The van der Waals surface area contributed by atoms with Crippen LogP contribution in [0, 0.1) is 5.82 Å². The van der Waals surface area contributed by atoms with E-state index in [0.29, 0.717) is 5.69 Å². The maximum atomic E-state index is 13.9. The van der Waals surface area contributed by atoms with Crippen LogP contribution in [0.2, 0.25) is 5.02 Å². The predicted molar refractivity (Wildman–Crippen MR) is 93.7 cm³/mol. The summed E-state index contributed by atoms with van der Waals surface area (Å²) in [6, 6.07) is 13.3. The molecule has 2 aromatic carbocycles. The zero-order chi connectivity index (χ0) is 17.8. The van der Waals surface area contributed by atoms with Gasteiger partial charge in [0.25, 0.3) is 5.91 Å². The number of halogens is 2. The van der Waals surface area contributed by atoms with E-state index in [1.807, 2.05) is 0 Å². The van der Waals surface area contributed by atoms with Gasteiger partial charge in [0, 0.05) is 18.1 Å². The van der Waals surface area contributed by atoms with Crippen molar-refractivity contribution in [2.75, 3.05) is 5.32 Å². The Bertz CT molecular complexity index is 926. The fraction of sp³-hybridized carbons (Fsp3) is 0. The number of aromatic nitrogens is 1. The Morgan fingerprint density at radius 3 is 2.44 bits per heavy atom. The Kier molecular flexibility index (Phi) is 4.81. The summed E-state index contributed by atoms with van der Waals surface area (Å²) in [6.07, 6.45) is 3.37. The predicted octanol–water partition coefficient (Wildman–Crippen LogP) is 4.23. The molecule has 0 unspecified atom stereocenters. The number of nitrogens with zero attached hydrogens (tertiary/aromatic N) is 1. The van der Waals surface area contributed by atoms with E-state index < -0.39 is 17.8 Å². The third-order valence-electron chi connectivity index (χ3n) is 3.43. The van der Waals surface area contributed by atoms with Crippen molar-refractivity contribution < 1.29 is 14.0 Å². The van der Waals surface area contributed by atoms with E-state index in [0.717, 1.165) is 0 Å². The highest BCUT2D eigenvalue weighted by atomic mass is 35.5. The van der Waals surface area contributed by atoms with Gasteiger partial charge in [-0.25, -0.2) is 9.18 Å². The normalized spacial score (nSPS) is 10.3. The molecule has 1 heterocycles. The van der Waals surface area contributed by atoms with Crippen molar-refractivity contribution in [1.82, 2.24) is 9.88 Å². The van der Waals surface area contributed by atoms with Gasteiger partial charge in [0.2, 0.25) is 0 Å². The Labute approximate surface area is 148 Å². The molecule has 3 rings (SSSR count). The van der Waals surface area contributed by atoms with Crippen molar-refractivity contribution in [3.05, 3.63) is 83.4 Å². The van der Waals surface area contributed by atoms with Gasteiger partial charge in [0.05, 0.1) is 16.3 Å². The summed E-state index contributed by atoms with van der Waals surface area (Å²) in [5.41, 5.74) is 0.807. The van der Waals surface area contributed by atoms with E-state index in [1.165, 1.54) is 24.3 Å². The SMILES string of the molecule is O=C(NC(=O)c1ccccc1Cl)Nc1ccc(F)c(-n2cccc2)c1. The molecule has 0 aliphatic rings. The Hall–Kier alpha value is -3.12. The second kappa shape index (κ2) is 7.19. The Morgan fingerprint density at radius 1 is 1.00 bits per heavy atom. The average Bonchev–Trinajstić information content (AvgIpc) is 3.11. The maximum Gasteiger partial charge on any atom is 0.326 e. The van der Waals surface area contributed by atoms with Gasteiger partial charge < -0.3 is 9.88 Å². The van der Waals surface area contributed by atoms with Crippen LogP contribution >= 0.6 is 11.6 Å². The second-order valence-electron chi connectivity index (χ2n) is 5.14. The lowest BCUT2D eigenvalue weighted by molar-refractivity contribution is 0.0967. The van der Waals surface area contributed by atoms with Crippen molar-refractivity contribution in [2.45, 2.75) is 0 Å². The van der Waals surface area contributed by atoms with Crippen LogP contribution in [0.4, 0.5) is 14.9 Å².